The number of aryl methyl sites for hydroxylation is 2. The van der Waals surface area contributed by atoms with E-state index in [0.717, 1.165) is 28.1 Å². The summed E-state index contributed by atoms with van der Waals surface area (Å²) >= 11 is 0. The van der Waals surface area contributed by atoms with Crippen LogP contribution >= 0.6 is 0 Å². The molecule has 0 unspecified atom stereocenters. The third kappa shape index (κ3) is 7.52. The second kappa shape index (κ2) is 12.2. The van der Waals surface area contributed by atoms with Crippen LogP contribution in [0.1, 0.15) is 50.3 Å². The maximum atomic E-state index is 13.7. The quantitative estimate of drug-likeness (QED) is 0.501. The van der Waals surface area contributed by atoms with Gasteiger partial charge in [-0.1, -0.05) is 44.2 Å². The second-order valence-corrected chi connectivity index (χ2v) is 10.8. The van der Waals surface area contributed by atoms with Gasteiger partial charge in [-0.25, -0.2) is 12.8 Å². The molecule has 9 heteroatoms. The summed E-state index contributed by atoms with van der Waals surface area (Å²) in [6.45, 7) is 8.77. The number of para-hydroxylation sites is 1. The monoisotopic (exact) mass is 505 g/mol. The van der Waals surface area contributed by atoms with E-state index < -0.39 is 34.3 Å². The Kier molecular flexibility index (Phi) is 9.82. The van der Waals surface area contributed by atoms with E-state index in [9.17, 15) is 22.4 Å². The molecule has 0 spiro atoms. The maximum Gasteiger partial charge on any atom is 0.244 e. The van der Waals surface area contributed by atoms with Gasteiger partial charge in [0.15, 0.2) is 0 Å². The van der Waals surface area contributed by atoms with E-state index in [0.29, 0.717) is 17.7 Å². The molecule has 0 bridgehead atoms. The number of carbonyl (C=O) groups excluding carboxylic acids is 2. The van der Waals surface area contributed by atoms with Gasteiger partial charge in [0.1, 0.15) is 18.4 Å². The summed E-state index contributed by atoms with van der Waals surface area (Å²) in [6.07, 6.45) is 2.11. The number of benzene rings is 2. The first-order valence-electron chi connectivity index (χ1n) is 11.8. The molecule has 192 valence electrons. The number of amides is 2. The van der Waals surface area contributed by atoms with Crippen LogP contribution in [0.3, 0.4) is 0 Å². The summed E-state index contributed by atoms with van der Waals surface area (Å²) in [5.74, 6) is -1.24. The van der Waals surface area contributed by atoms with E-state index in [4.69, 9.17) is 0 Å². The van der Waals surface area contributed by atoms with Gasteiger partial charge in [0, 0.05) is 12.6 Å². The highest BCUT2D eigenvalue weighted by atomic mass is 32.2. The minimum atomic E-state index is -3.81. The predicted octanol–water partition coefficient (Wildman–Crippen LogP) is 3.93. The van der Waals surface area contributed by atoms with Gasteiger partial charge in [-0.3, -0.25) is 13.9 Å². The highest BCUT2D eigenvalue weighted by molar-refractivity contribution is 7.92. The zero-order valence-corrected chi connectivity index (χ0v) is 22.2. The molecule has 0 aromatic heterocycles. The summed E-state index contributed by atoms with van der Waals surface area (Å²) in [5.41, 5.74) is 2.51. The van der Waals surface area contributed by atoms with Crippen LogP contribution in [0.25, 0.3) is 0 Å². The Morgan fingerprint density at radius 3 is 2.06 bits per heavy atom. The fraction of sp³-hybridized carbons (Fsp3) is 0.462. The number of nitrogens with one attached hydrogen (secondary N) is 1. The van der Waals surface area contributed by atoms with Gasteiger partial charge in [-0.15, -0.1) is 0 Å². The van der Waals surface area contributed by atoms with Crippen LogP contribution < -0.4 is 9.62 Å². The molecule has 2 rings (SSSR count). The molecule has 0 aliphatic rings. The lowest BCUT2D eigenvalue weighted by Crippen LogP contribution is -2.53. The van der Waals surface area contributed by atoms with Crippen molar-refractivity contribution in [1.29, 1.82) is 0 Å². The third-order valence-corrected chi connectivity index (χ3v) is 7.13. The zero-order valence-electron chi connectivity index (χ0n) is 21.3. The molecule has 7 nitrogen and oxygen atoms in total. The number of nitrogens with zero attached hydrogens (tertiary/aromatic N) is 2. The Balaban J connectivity index is 2.49. The first kappa shape index (κ1) is 28.3. The molecule has 0 radical (unpaired) electrons. The summed E-state index contributed by atoms with van der Waals surface area (Å²) in [4.78, 5) is 28.2. The molecule has 2 aromatic rings. The van der Waals surface area contributed by atoms with Crippen molar-refractivity contribution in [3.63, 3.8) is 0 Å². The van der Waals surface area contributed by atoms with Gasteiger partial charge < -0.3 is 10.2 Å². The van der Waals surface area contributed by atoms with Gasteiger partial charge in [-0.05, 0) is 62.4 Å². The van der Waals surface area contributed by atoms with Crippen LogP contribution in [-0.4, -0.2) is 50.0 Å². The number of anilines is 1. The summed E-state index contributed by atoms with van der Waals surface area (Å²) in [6, 6.07) is 10.2. The topological polar surface area (TPSA) is 86.8 Å². The standard InChI is InChI=1S/C26H36FN3O4S/c1-7-20(5)28-26(32)23(8-2)29(16-21-12-14-22(27)15-13-21)24(31)17-30(35(6,33)34)25-18(3)10-9-11-19(25)4/h9-15,20,23H,7-8,16-17H2,1-6H3,(H,28,32)/t20-,23+/m0/s1. The smallest absolute Gasteiger partial charge is 0.244 e. The van der Waals surface area contributed by atoms with Crippen LogP contribution in [0.4, 0.5) is 10.1 Å². The highest BCUT2D eigenvalue weighted by Gasteiger charge is 2.32. The number of hydrogen-bond acceptors (Lipinski definition) is 4. The lowest BCUT2D eigenvalue weighted by atomic mass is 10.1. The molecule has 0 fully saturated rings. The van der Waals surface area contributed by atoms with Crippen molar-refractivity contribution in [2.24, 2.45) is 0 Å². The number of carbonyl (C=O) groups is 2. The Bertz CT molecular complexity index is 1120. The number of rotatable bonds is 11. The average molecular weight is 506 g/mol. The van der Waals surface area contributed by atoms with Crippen LogP contribution in [-0.2, 0) is 26.2 Å². The summed E-state index contributed by atoms with van der Waals surface area (Å²) < 4.78 is 40.1. The third-order valence-electron chi connectivity index (χ3n) is 6.02. The van der Waals surface area contributed by atoms with Crippen LogP contribution in [0.2, 0.25) is 0 Å². The lowest BCUT2D eigenvalue weighted by molar-refractivity contribution is -0.140. The largest absolute Gasteiger partial charge is 0.352 e. The fourth-order valence-corrected chi connectivity index (χ4v) is 4.89. The number of halogens is 1. The van der Waals surface area contributed by atoms with Gasteiger partial charge in [0.25, 0.3) is 0 Å². The molecular formula is C26H36FN3O4S. The van der Waals surface area contributed by atoms with Crippen LogP contribution in [0.5, 0.6) is 0 Å². The van der Waals surface area contributed by atoms with Crippen LogP contribution in [0.15, 0.2) is 42.5 Å². The first-order valence-corrected chi connectivity index (χ1v) is 13.6. The van der Waals surface area contributed by atoms with Crippen molar-refractivity contribution in [3.8, 4) is 0 Å². The Morgan fingerprint density at radius 1 is 1.00 bits per heavy atom. The van der Waals surface area contributed by atoms with Crippen molar-refractivity contribution in [1.82, 2.24) is 10.2 Å². The predicted molar refractivity (Wildman–Crippen MR) is 137 cm³/mol. The SMILES string of the molecule is CC[C@H](C(=O)N[C@@H](C)CC)N(Cc1ccc(F)cc1)C(=O)CN(c1c(C)cccc1C)S(C)(=O)=O. The summed E-state index contributed by atoms with van der Waals surface area (Å²) in [7, 11) is -3.81. The molecular weight excluding hydrogens is 469 g/mol. The van der Waals surface area contributed by atoms with E-state index in [1.165, 1.54) is 17.0 Å². The minimum Gasteiger partial charge on any atom is -0.352 e. The molecule has 35 heavy (non-hydrogen) atoms. The fourth-order valence-electron chi connectivity index (χ4n) is 3.92. The molecule has 2 aromatic carbocycles. The Morgan fingerprint density at radius 2 is 1.57 bits per heavy atom. The van der Waals surface area contributed by atoms with E-state index in [-0.39, 0.29) is 18.5 Å². The van der Waals surface area contributed by atoms with Crippen LogP contribution in [0, 0.1) is 19.7 Å². The molecule has 0 saturated carbocycles. The van der Waals surface area contributed by atoms with E-state index in [2.05, 4.69) is 5.32 Å². The van der Waals surface area contributed by atoms with Crippen molar-refractivity contribution in [3.05, 3.63) is 65.0 Å². The average Bonchev–Trinajstić information content (AvgIpc) is 2.78. The van der Waals surface area contributed by atoms with Crippen molar-refractivity contribution >= 4 is 27.5 Å². The molecule has 0 aliphatic carbocycles. The maximum absolute atomic E-state index is 13.7. The van der Waals surface area contributed by atoms with Crippen molar-refractivity contribution in [2.75, 3.05) is 17.1 Å². The Labute approximate surface area is 208 Å². The van der Waals surface area contributed by atoms with E-state index >= 15 is 0 Å². The zero-order chi connectivity index (χ0) is 26.3. The van der Waals surface area contributed by atoms with Gasteiger partial charge >= 0.3 is 0 Å². The molecule has 1 N–H and O–H groups in total. The van der Waals surface area contributed by atoms with Gasteiger partial charge in [0.05, 0.1) is 11.9 Å². The first-order chi connectivity index (χ1) is 16.4. The number of hydrogen-bond donors (Lipinski definition) is 1. The minimum absolute atomic E-state index is 0.0376. The van der Waals surface area contributed by atoms with Crippen molar-refractivity contribution in [2.45, 2.75) is 66.1 Å². The second-order valence-electron chi connectivity index (χ2n) is 8.90. The molecule has 0 aliphatic heterocycles. The molecule has 2 amide bonds. The number of sulfonamides is 1. The van der Waals surface area contributed by atoms with Gasteiger partial charge in [0.2, 0.25) is 21.8 Å². The molecule has 2 atom stereocenters. The van der Waals surface area contributed by atoms with Gasteiger partial charge in [-0.2, -0.15) is 0 Å². The lowest BCUT2D eigenvalue weighted by Gasteiger charge is -2.34. The van der Waals surface area contributed by atoms with E-state index in [1.807, 2.05) is 19.9 Å². The molecule has 0 heterocycles. The highest BCUT2D eigenvalue weighted by Crippen LogP contribution is 2.27. The van der Waals surface area contributed by atoms with Crippen molar-refractivity contribution < 1.29 is 22.4 Å². The molecule has 0 saturated heterocycles. The summed E-state index contributed by atoms with van der Waals surface area (Å²) in [5, 5.41) is 2.92. The normalized spacial score (nSPS) is 13.1. The Hall–Kier alpha value is -2.94. The van der Waals surface area contributed by atoms with E-state index in [1.54, 1.807) is 45.0 Å².